The molecule has 0 aromatic rings. The summed E-state index contributed by atoms with van der Waals surface area (Å²) in [5.74, 6) is 2.35. The zero-order valence-corrected chi connectivity index (χ0v) is 16.6. The summed E-state index contributed by atoms with van der Waals surface area (Å²) in [6, 6.07) is 0. The molecule has 0 amide bonds. The van der Waals surface area contributed by atoms with Crippen molar-refractivity contribution < 1.29 is 19.4 Å². The minimum atomic E-state index is -0.161. The van der Waals surface area contributed by atoms with Crippen molar-refractivity contribution in [3.8, 4) is 0 Å². The molecule has 9 atom stereocenters. The van der Waals surface area contributed by atoms with Crippen molar-refractivity contribution in [1.29, 1.82) is 0 Å². The van der Waals surface area contributed by atoms with E-state index in [9.17, 15) is 9.90 Å². The molecule has 6 aliphatic rings. The van der Waals surface area contributed by atoms with E-state index in [0.29, 0.717) is 35.9 Å². The molecule has 27 heavy (non-hydrogen) atoms. The number of epoxide rings is 1. The van der Waals surface area contributed by atoms with Crippen LogP contribution in [0.4, 0.5) is 0 Å². The van der Waals surface area contributed by atoms with Gasteiger partial charge in [0.1, 0.15) is 12.2 Å². The number of rotatable bonds is 1. The normalized spacial score (nSPS) is 58.5. The third kappa shape index (κ3) is 1.95. The highest BCUT2D eigenvalue weighted by molar-refractivity contribution is 5.85. The molecule has 2 heterocycles. The number of carbonyl (C=O) groups excluding carboxylic acids is 1. The molecule has 1 N–H and O–H groups in total. The quantitative estimate of drug-likeness (QED) is 0.564. The monoisotopic (exact) mass is 372 g/mol. The predicted octanol–water partition coefficient (Wildman–Crippen LogP) is 3.62. The smallest absolute Gasteiger partial charge is 0.331 e. The number of carbonyl (C=O) groups is 1. The van der Waals surface area contributed by atoms with Crippen LogP contribution in [0.1, 0.15) is 65.2 Å². The maximum Gasteiger partial charge on any atom is 0.331 e. The number of cyclic esters (lactones) is 1. The van der Waals surface area contributed by atoms with E-state index in [1.54, 1.807) is 6.08 Å². The topological polar surface area (TPSA) is 59.1 Å². The van der Waals surface area contributed by atoms with Crippen molar-refractivity contribution in [2.75, 3.05) is 6.61 Å². The van der Waals surface area contributed by atoms with Crippen LogP contribution in [0.15, 0.2) is 11.6 Å². The highest BCUT2D eigenvalue weighted by Crippen LogP contribution is 2.77. The first-order valence-corrected chi connectivity index (χ1v) is 11.1. The Morgan fingerprint density at radius 2 is 1.93 bits per heavy atom. The van der Waals surface area contributed by atoms with Gasteiger partial charge in [0, 0.05) is 11.5 Å². The lowest BCUT2D eigenvalue weighted by molar-refractivity contribution is -0.143. The minimum Gasteiger partial charge on any atom is -0.458 e. The molecular formula is C23H32O4. The summed E-state index contributed by atoms with van der Waals surface area (Å²) in [7, 11) is 0. The average molecular weight is 373 g/mol. The van der Waals surface area contributed by atoms with Crippen molar-refractivity contribution in [3.63, 3.8) is 0 Å². The van der Waals surface area contributed by atoms with Crippen LogP contribution in [0, 0.1) is 34.5 Å². The summed E-state index contributed by atoms with van der Waals surface area (Å²) in [4.78, 5) is 11.7. The molecule has 2 aliphatic heterocycles. The van der Waals surface area contributed by atoms with E-state index < -0.39 is 0 Å². The predicted molar refractivity (Wildman–Crippen MR) is 99.8 cm³/mol. The molecule has 4 nitrogen and oxygen atoms in total. The van der Waals surface area contributed by atoms with E-state index in [0.717, 1.165) is 25.2 Å². The van der Waals surface area contributed by atoms with Gasteiger partial charge in [-0.15, -0.1) is 0 Å². The van der Waals surface area contributed by atoms with Crippen molar-refractivity contribution in [3.05, 3.63) is 11.6 Å². The highest BCUT2D eigenvalue weighted by atomic mass is 16.6. The van der Waals surface area contributed by atoms with E-state index in [2.05, 4.69) is 13.8 Å². The van der Waals surface area contributed by atoms with Crippen LogP contribution >= 0.6 is 0 Å². The summed E-state index contributed by atoms with van der Waals surface area (Å²) >= 11 is 0. The molecule has 0 bridgehead atoms. The number of aliphatic hydroxyl groups excluding tert-OH is 1. The summed E-state index contributed by atoms with van der Waals surface area (Å²) in [5, 5.41) is 10.2. The Morgan fingerprint density at radius 3 is 2.70 bits per heavy atom. The van der Waals surface area contributed by atoms with Gasteiger partial charge in [-0.1, -0.05) is 13.8 Å². The Kier molecular flexibility index (Phi) is 3.27. The summed E-state index contributed by atoms with van der Waals surface area (Å²) < 4.78 is 11.8. The van der Waals surface area contributed by atoms with Crippen LogP contribution in [0.5, 0.6) is 0 Å². The zero-order valence-electron chi connectivity index (χ0n) is 16.6. The molecule has 0 unspecified atom stereocenters. The van der Waals surface area contributed by atoms with Crippen LogP contribution in [0.3, 0.4) is 0 Å². The first-order chi connectivity index (χ1) is 12.9. The molecule has 6 rings (SSSR count). The third-order valence-electron chi connectivity index (χ3n) is 10.2. The van der Waals surface area contributed by atoms with Gasteiger partial charge < -0.3 is 14.6 Å². The molecule has 0 radical (unpaired) electrons. The van der Waals surface area contributed by atoms with E-state index in [1.807, 2.05) is 0 Å². The van der Waals surface area contributed by atoms with Gasteiger partial charge in [0.05, 0.1) is 12.2 Å². The minimum absolute atomic E-state index is 0.0388. The summed E-state index contributed by atoms with van der Waals surface area (Å²) in [6.07, 6.45) is 11.3. The fraction of sp³-hybridized carbons (Fsp3) is 0.870. The molecule has 4 heteroatoms. The Morgan fingerprint density at radius 1 is 1.07 bits per heavy atom. The molecular weight excluding hydrogens is 340 g/mol. The van der Waals surface area contributed by atoms with Gasteiger partial charge in [-0.05, 0) is 86.0 Å². The molecule has 5 fully saturated rings. The molecule has 148 valence electrons. The zero-order chi connectivity index (χ0) is 18.6. The van der Waals surface area contributed by atoms with Gasteiger partial charge in [0.15, 0.2) is 0 Å². The van der Waals surface area contributed by atoms with E-state index >= 15 is 0 Å². The summed E-state index contributed by atoms with van der Waals surface area (Å²) in [5.41, 5.74) is 1.78. The van der Waals surface area contributed by atoms with Gasteiger partial charge >= 0.3 is 5.97 Å². The second kappa shape index (κ2) is 5.18. The van der Waals surface area contributed by atoms with Crippen molar-refractivity contribution >= 4 is 5.97 Å². The Labute approximate surface area is 161 Å². The maximum absolute atomic E-state index is 11.7. The first kappa shape index (κ1) is 17.0. The number of hydrogen-bond donors (Lipinski definition) is 1. The number of aliphatic hydroxyl groups is 1. The summed E-state index contributed by atoms with van der Waals surface area (Å²) in [6.45, 7) is 5.47. The van der Waals surface area contributed by atoms with Gasteiger partial charge in [-0.25, -0.2) is 4.79 Å². The Balaban J connectivity index is 1.34. The SMILES string of the molecule is C[C@]12CC[C@H](O)C[C@H]1CC[C@@H]1[C@@H]2CC[C@]2(C)[C@H](C3=CC(=O)OC3)C[C@H]3O[C@]132. The van der Waals surface area contributed by atoms with Crippen molar-refractivity contribution in [2.24, 2.45) is 34.5 Å². The largest absolute Gasteiger partial charge is 0.458 e. The van der Waals surface area contributed by atoms with Crippen molar-refractivity contribution in [2.45, 2.75) is 83.0 Å². The standard InChI is InChI=1S/C23H32O4/c1-21-7-5-15(24)10-14(21)3-4-17-16(21)6-8-22(2)18(11-19-23(17,22)27-19)13-9-20(25)26-12-13/h9,14-19,24H,3-8,10-12H2,1-2H3/t14-,15+,16+,17-,18+,19-,21+,22-,23-/m1/s1. The van der Waals surface area contributed by atoms with Crippen LogP contribution in [-0.4, -0.2) is 35.5 Å². The van der Waals surface area contributed by atoms with E-state index in [1.165, 1.54) is 37.7 Å². The van der Waals surface area contributed by atoms with Crippen LogP contribution < -0.4 is 0 Å². The van der Waals surface area contributed by atoms with Crippen LogP contribution in [0.25, 0.3) is 0 Å². The lowest BCUT2D eigenvalue weighted by Gasteiger charge is -2.61. The fourth-order valence-corrected chi connectivity index (χ4v) is 8.82. The number of fused-ring (bicyclic) bond motifs is 3. The fourth-order valence-electron chi connectivity index (χ4n) is 8.82. The number of ether oxygens (including phenoxy) is 2. The van der Waals surface area contributed by atoms with E-state index in [-0.39, 0.29) is 23.1 Å². The lowest BCUT2D eigenvalue weighted by atomic mass is 9.44. The number of esters is 1. The van der Waals surface area contributed by atoms with Gasteiger partial charge in [0.25, 0.3) is 0 Å². The molecule has 1 saturated heterocycles. The molecule has 4 aliphatic carbocycles. The van der Waals surface area contributed by atoms with Crippen LogP contribution in [-0.2, 0) is 14.3 Å². The second-order valence-corrected chi connectivity index (χ2v) is 10.9. The Bertz CT molecular complexity index is 730. The third-order valence-corrected chi connectivity index (χ3v) is 10.2. The van der Waals surface area contributed by atoms with Gasteiger partial charge in [-0.2, -0.15) is 0 Å². The van der Waals surface area contributed by atoms with E-state index in [4.69, 9.17) is 9.47 Å². The Hall–Kier alpha value is -0.870. The second-order valence-electron chi connectivity index (χ2n) is 10.9. The highest BCUT2D eigenvalue weighted by Gasteiger charge is 2.80. The first-order valence-electron chi connectivity index (χ1n) is 11.1. The van der Waals surface area contributed by atoms with Crippen LogP contribution in [0.2, 0.25) is 0 Å². The molecule has 1 spiro atoms. The number of hydrogen-bond acceptors (Lipinski definition) is 4. The average Bonchev–Trinajstić information content (AvgIpc) is 3.09. The van der Waals surface area contributed by atoms with Crippen molar-refractivity contribution in [1.82, 2.24) is 0 Å². The maximum atomic E-state index is 11.7. The molecule has 4 saturated carbocycles. The van der Waals surface area contributed by atoms with Gasteiger partial charge in [0.2, 0.25) is 0 Å². The van der Waals surface area contributed by atoms with Gasteiger partial charge in [-0.3, -0.25) is 0 Å². The molecule has 0 aromatic heterocycles. The molecule has 0 aromatic carbocycles. The lowest BCUT2D eigenvalue weighted by Crippen LogP contribution is -2.58.